The highest BCUT2D eigenvalue weighted by Gasteiger charge is 2.11. The third-order valence-corrected chi connectivity index (χ3v) is 3.64. The summed E-state index contributed by atoms with van der Waals surface area (Å²) in [6, 6.07) is 3.31. The number of aliphatic imine (C=N–C) groups is 1. The molecule has 0 aliphatic rings. The first kappa shape index (κ1) is 21.0. The summed E-state index contributed by atoms with van der Waals surface area (Å²) in [6.07, 6.45) is 3.28. The molecule has 0 fully saturated rings. The average molecular weight is 352 g/mol. The number of hydrogen-bond donors (Lipinski definition) is 4. The Morgan fingerprint density at radius 1 is 1.28 bits per heavy atom. The Balaban J connectivity index is 2.39. The van der Waals surface area contributed by atoms with Gasteiger partial charge in [-0.3, -0.25) is 9.79 Å². The molecule has 1 aromatic heterocycles. The third-order valence-electron chi connectivity index (χ3n) is 3.64. The molecule has 0 saturated carbocycles. The Morgan fingerprint density at radius 2 is 2.04 bits per heavy atom. The van der Waals surface area contributed by atoms with Crippen molar-refractivity contribution in [2.75, 3.05) is 32.8 Å². The van der Waals surface area contributed by atoms with Crippen molar-refractivity contribution >= 4 is 11.9 Å². The second-order valence-electron chi connectivity index (χ2n) is 6.39. The van der Waals surface area contributed by atoms with Crippen molar-refractivity contribution < 1.29 is 14.3 Å². The number of rotatable bonds is 11. The predicted molar refractivity (Wildman–Crippen MR) is 99.7 cm³/mol. The van der Waals surface area contributed by atoms with Gasteiger partial charge in [0.2, 0.25) is 0 Å². The lowest BCUT2D eigenvalue weighted by Gasteiger charge is -2.17. The van der Waals surface area contributed by atoms with Crippen molar-refractivity contribution in [3.63, 3.8) is 0 Å². The van der Waals surface area contributed by atoms with Crippen LogP contribution in [0.15, 0.2) is 27.8 Å². The van der Waals surface area contributed by atoms with Crippen LogP contribution in [0.3, 0.4) is 0 Å². The molecule has 0 aliphatic heterocycles. The number of carbonyl (C=O) groups is 1. The van der Waals surface area contributed by atoms with Gasteiger partial charge in [-0.15, -0.1) is 0 Å². The summed E-state index contributed by atoms with van der Waals surface area (Å²) in [5.74, 6) is 1.76. The Labute approximate surface area is 150 Å². The molecule has 0 bridgehead atoms. The van der Waals surface area contributed by atoms with Crippen LogP contribution in [0.5, 0.6) is 0 Å². The van der Waals surface area contributed by atoms with E-state index in [9.17, 15) is 9.90 Å². The molecule has 7 nitrogen and oxygen atoms in total. The maximum Gasteiger partial charge on any atom is 0.287 e. The van der Waals surface area contributed by atoms with Gasteiger partial charge in [-0.1, -0.05) is 13.8 Å². The molecular formula is C18H32N4O3. The van der Waals surface area contributed by atoms with Crippen molar-refractivity contribution in [3.8, 4) is 0 Å². The molecule has 4 N–H and O–H groups in total. The van der Waals surface area contributed by atoms with E-state index in [1.807, 2.05) is 6.92 Å². The minimum atomic E-state index is -0.228. The van der Waals surface area contributed by atoms with Crippen LogP contribution in [0, 0.1) is 11.8 Å². The lowest BCUT2D eigenvalue weighted by Crippen LogP contribution is -2.41. The lowest BCUT2D eigenvalue weighted by molar-refractivity contribution is 0.0926. The van der Waals surface area contributed by atoms with Crippen LogP contribution in [0.25, 0.3) is 0 Å². The molecule has 1 atom stereocenters. The molecular weight excluding hydrogens is 320 g/mol. The largest absolute Gasteiger partial charge is 0.459 e. The maximum atomic E-state index is 11.8. The molecule has 142 valence electrons. The molecule has 7 heteroatoms. The van der Waals surface area contributed by atoms with E-state index in [0.717, 1.165) is 25.3 Å². The molecule has 1 heterocycles. The topological polar surface area (TPSA) is 98.9 Å². The quantitative estimate of drug-likeness (QED) is 0.275. The fourth-order valence-electron chi connectivity index (χ4n) is 2.55. The minimum absolute atomic E-state index is 0.190. The zero-order chi connectivity index (χ0) is 18.5. The monoisotopic (exact) mass is 352 g/mol. The highest BCUT2D eigenvalue weighted by Crippen LogP contribution is 2.15. The van der Waals surface area contributed by atoms with Crippen molar-refractivity contribution in [1.29, 1.82) is 0 Å². The second-order valence-corrected chi connectivity index (χ2v) is 6.39. The standard InChI is InChI=1S/C18H32N4O3/c1-4-19-18(22-13-15(7-10-23)12-14(2)3)21-9-8-20-17(24)16-6-5-11-25-16/h5-6,11,14-15,23H,4,7-10,12-13H2,1-3H3,(H,20,24)(H2,19,21,22). The molecule has 1 unspecified atom stereocenters. The van der Waals surface area contributed by atoms with Gasteiger partial charge in [0.15, 0.2) is 11.7 Å². The van der Waals surface area contributed by atoms with Crippen molar-refractivity contribution in [3.05, 3.63) is 24.2 Å². The number of furan rings is 1. The number of guanidine groups is 1. The van der Waals surface area contributed by atoms with Crippen LogP contribution in [0.4, 0.5) is 0 Å². The Morgan fingerprint density at radius 3 is 2.64 bits per heavy atom. The lowest BCUT2D eigenvalue weighted by atomic mass is 9.94. The van der Waals surface area contributed by atoms with Crippen LogP contribution in [-0.4, -0.2) is 49.8 Å². The SMILES string of the molecule is CCNC(=NCC(CCO)CC(C)C)NCCNC(=O)c1ccco1. The molecule has 0 saturated heterocycles. The Kier molecular flexibility index (Phi) is 10.4. The van der Waals surface area contributed by atoms with Gasteiger partial charge in [-0.05, 0) is 43.7 Å². The van der Waals surface area contributed by atoms with Crippen molar-refractivity contribution in [1.82, 2.24) is 16.0 Å². The van der Waals surface area contributed by atoms with Gasteiger partial charge in [-0.2, -0.15) is 0 Å². The summed E-state index contributed by atoms with van der Waals surface area (Å²) in [5.41, 5.74) is 0. The van der Waals surface area contributed by atoms with E-state index in [4.69, 9.17) is 4.42 Å². The first-order valence-corrected chi connectivity index (χ1v) is 9.01. The fourth-order valence-corrected chi connectivity index (χ4v) is 2.55. The van der Waals surface area contributed by atoms with E-state index in [-0.39, 0.29) is 12.5 Å². The first-order chi connectivity index (χ1) is 12.1. The van der Waals surface area contributed by atoms with Crippen LogP contribution in [-0.2, 0) is 0 Å². The first-order valence-electron chi connectivity index (χ1n) is 9.01. The van der Waals surface area contributed by atoms with Gasteiger partial charge in [0.25, 0.3) is 5.91 Å². The number of aliphatic hydroxyl groups excluding tert-OH is 1. The van der Waals surface area contributed by atoms with E-state index >= 15 is 0 Å². The molecule has 1 amide bonds. The number of hydrogen-bond acceptors (Lipinski definition) is 4. The summed E-state index contributed by atoms with van der Waals surface area (Å²) in [4.78, 5) is 16.4. The van der Waals surface area contributed by atoms with E-state index in [1.54, 1.807) is 12.1 Å². The van der Waals surface area contributed by atoms with Crippen LogP contribution < -0.4 is 16.0 Å². The molecule has 0 aromatic carbocycles. The van der Waals surface area contributed by atoms with E-state index in [0.29, 0.717) is 37.2 Å². The number of nitrogens with one attached hydrogen (secondary N) is 3. The van der Waals surface area contributed by atoms with Crippen molar-refractivity contribution in [2.45, 2.75) is 33.6 Å². The van der Waals surface area contributed by atoms with Gasteiger partial charge in [0.05, 0.1) is 6.26 Å². The van der Waals surface area contributed by atoms with E-state index in [2.05, 4.69) is 34.8 Å². The minimum Gasteiger partial charge on any atom is -0.459 e. The number of aliphatic hydroxyl groups is 1. The summed E-state index contributed by atoms with van der Waals surface area (Å²) >= 11 is 0. The van der Waals surface area contributed by atoms with Gasteiger partial charge in [0, 0.05) is 32.8 Å². The Hall–Kier alpha value is -2.02. The average Bonchev–Trinajstić information content (AvgIpc) is 3.10. The number of amides is 1. The van der Waals surface area contributed by atoms with Crippen LogP contribution in [0.2, 0.25) is 0 Å². The van der Waals surface area contributed by atoms with Gasteiger partial charge >= 0.3 is 0 Å². The fraction of sp³-hybridized carbons (Fsp3) is 0.667. The summed E-state index contributed by atoms with van der Waals surface area (Å²) in [5, 5.41) is 18.4. The van der Waals surface area contributed by atoms with E-state index in [1.165, 1.54) is 6.26 Å². The summed E-state index contributed by atoms with van der Waals surface area (Å²) in [6.45, 7) is 9.03. The highest BCUT2D eigenvalue weighted by atomic mass is 16.3. The molecule has 0 spiro atoms. The number of carbonyl (C=O) groups excluding carboxylic acids is 1. The number of nitrogens with zero attached hydrogens (tertiary/aromatic N) is 1. The zero-order valence-corrected chi connectivity index (χ0v) is 15.5. The highest BCUT2D eigenvalue weighted by molar-refractivity contribution is 5.91. The maximum absolute atomic E-state index is 11.8. The van der Waals surface area contributed by atoms with Gasteiger partial charge < -0.3 is 25.5 Å². The zero-order valence-electron chi connectivity index (χ0n) is 15.5. The van der Waals surface area contributed by atoms with Gasteiger partial charge in [-0.25, -0.2) is 0 Å². The predicted octanol–water partition coefficient (Wildman–Crippen LogP) is 1.61. The van der Waals surface area contributed by atoms with Gasteiger partial charge in [0.1, 0.15) is 0 Å². The third kappa shape index (κ3) is 9.14. The molecule has 25 heavy (non-hydrogen) atoms. The van der Waals surface area contributed by atoms with Crippen LogP contribution >= 0.6 is 0 Å². The normalized spacial score (nSPS) is 12.9. The van der Waals surface area contributed by atoms with Crippen LogP contribution in [0.1, 0.15) is 44.2 Å². The smallest absolute Gasteiger partial charge is 0.287 e. The Bertz CT molecular complexity index is 500. The molecule has 0 radical (unpaired) electrons. The molecule has 1 rings (SSSR count). The molecule has 1 aromatic rings. The second kappa shape index (κ2) is 12.4. The van der Waals surface area contributed by atoms with E-state index < -0.39 is 0 Å². The summed E-state index contributed by atoms with van der Waals surface area (Å²) < 4.78 is 5.04. The molecule has 0 aliphatic carbocycles. The van der Waals surface area contributed by atoms with Crippen molar-refractivity contribution in [2.24, 2.45) is 16.8 Å². The summed E-state index contributed by atoms with van der Waals surface area (Å²) in [7, 11) is 0.